The number of nitrogens with two attached hydrogens (primary N) is 1. The molecule has 0 spiro atoms. The van der Waals surface area contributed by atoms with Crippen molar-refractivity contribution in [1.82, 2.24) is 9.88 Å². The maximum Gasteiger partial charge on any atom is 0.422 e. The molecule has 0 unspecified atom stereocenters. The van der Waals surface area contributed by atoms with Gasteiger partial charge in [-0.3, -0.25) is 4.79 Å². The van der Waals surface area contributed by atoms with Gasteiger partial charge in [0.2, 0.25) is 0 Å². The minimum Gasteiger partial charge on any atom is -0.482 e. The van der Waals surface area contributed by atoms with Crippen LogP contribution in [0, 0.1) is 5.92 Å². The van der Waals surface area contributed by atoms with E-state index in [2.05, 4.69) is 4.98 Å². The fraction of sp³-hybridized carbons (Fsp3) is 0.600. The van der Waals surface area contributed by atoms with Gasteiger partial charge in [-0.15, -0.1) is 12.4 Å². The molecule has 0 aliphatic carbocycles. The summed E-state index contributed by atoms with van der Waals surface area (Å²) in [4.78, 5) is 18.1. The molecule has 1 aromatic heterocycles. The summed E-state index contributed by atoms with van der Waals surface area (Å²) in [6.07, 6.45) is -1.37. The fourth-order valence-corrected chi connectivity index (χ4v) is 2.60. The lowest BCUT2D eigenvalue weighted by atomic mass is 9.92. The third kappa shape index (κ3) is 5.52. The van der Waals surface area contributed by atoms with Crippen LogP contribution in [0.15, 0.2) is 18.3 Å². The maximum atomic E-state index is 12.6. The standard InChI is InChI=1S/C15H20F3N3O2.ClH/c1-10(19)11-4-3-7-21(8-11)14(22)13-12(5-2-6-20-13)23-9-15(16,17)18;/h2,5-6,10-11H,3-4,7-9,19H2,1H3;1H/t10-,11-;/m0./s1. The molecule has 1 aliphatic heterocycles. The molecule has 9 heteroatoms. The van der Waals surface area contributed by atoms with Crippen molar-refractivity contribution in [2.75, 3.05) is 19.7 Å². The minimum absolute atomic E-state index is 0. The first-order valence-electron chi connectivity index (χ1n) is 7.47. The van der Waals surface area contributed by atoms with Crippen molar-refractivity contribution < 1.29 is 22.7 Å². The Bertz CT molecular complexity index is 555. The predicted octanol–water partition coefficient (Wildman–Crippen LogP) is 2.64. The number of nitrogens with zero attached hydrogens (tertiary/aromatic N) is 2. The zero-order valence-corrected chi connectivity index (χ0v) is 14.1. The first kappa shape index (κ1) is 20.5. The van der Waals surface area contributed by atoms with Crippen LogP contribution in [0.2, 0.25) is 0 Å². The Labute approximate surface area is 144 Å². The molecule has 0 aromatic carbocycles. The predicted molar refractivity (Wildman–Crippen MR) is 85.3 cm³/mol. The number of hydrogen-bond donors (Lipinski definition) is 1. The normalized spacial score (nSPS) is 19.4. The van der Waals surface area contributed by atoms with E-state index in [4.69, 9.17) is 10.5 Å². The van der Waals surface area contributed by atoms with Gasteiger partial charge in [-0.1, -0.05) is 0 Å². The van der Waals surface area contributed by atoms with Crippen LogP contribution < -0.4 is 10.5 Å². The highest BCUT2D eigenvalue weighted by Gasteiger charge is 2.31. The Morgan fingerprint density at radius 3 is 2.88 bits per heavy atom. The van der Waals surface area contributed by atoms with E-state index in [9.17, 15) is 18.0 Å². The molecule has 2 heterocycles. The monoisotopic (exact) mass is 367 g/mol. The number of alkyl halides is 3. The second-order valence-electron chi connectivity index (χ2n) is 5.77. The fourth-order valence-electron chi connectivity index (χ4n) is 2.60. The van der Waals surface area contributed by atoms with Gasteiger partial charge in [0, 0.05) is 25.3 Å². The van der Waals surface area contributed by atoms with Gasteiger partial charge < -0.3 is 15.4 Å². The van der Waals surface area contributed by atoms with Crippen molar-refractivity contribution in [3.05, 3.63) is 24.0 Å². The summed E-state index contributed by atoms with van der Waals surface area (Å²) in [5, 5.41) is 0. The number of amides is 1. The Morgan fingerprint density at radius 2 is 2.25 bits per heavy atom. The highest BCUT2D eigenvalue weighted by molar-refractivity contribution is 5.95. The van der Waals surface area contributed by atoms with Gasteiger partial charge in [0.1, 0.15) is 0 Å². The van der Waals surface area contributed by atoms with Crippen molar-refractivity contribution in [1.29, 1.82) is 0 Å². The third-order valence-corrected chi connectivity index (χ3v) is 3.85. The van der Waals surface area contributed by atoms with Gasteiger partial charge in [-0.25, -0.2) is 4.98 Å². The first-order valence-corrected chi connectivity index (χ1v) is 7.47. The number of rotatable bonds is 4. The molecule has 0 saturated carbocycles. The highest BCUT2D eigenvalue weighted by Crippen LogP contribution is 2.25. The lowest BCUT2D eigenvalue weighted by Gasteiger charge is -2.34. The van der Waals surface area contributed by atoms with E-state index in [0.29, 0.717) is 13.1 Å². The Kier molecular flexibility index (Phi) is 7.28. The van der Waals surface area contributed by atoms with Crippen molar-refractivity contribution in [2.24, 2.45) is 11.7 Å². The molecule has 2 rings (SSSR count). The van der Waals surface area contributed by atoms with Crippen molar-refractivity contribution in [2.45, 2.75) is 32.0 Å². The molecule has 1 amide bonds. The van der Waals surface area contributed by atoms with Crippen molar-refractivity contribution in [3.63, 3.8) is 0 Å². The Hall–Kier alpha value is -1.54. The summed E-state index contributed by atoms with van der Waals surface area (Å²) >= 11 is 0. The molecule has 1 fully saturated rings. The Morgan fingerprint density at radius 1 is 1.54 bits per heavy atom. The molecule has 2 N–H and O–H groups in total. The summed E-state index contributed by atoms with van der Waals surface area (Å²) < 4.78 is 41.7. The molecular weight excluding hydrogens is 347 g/mol. The summed E-state index contributed by atoms with van der Waals surface area (Å²) in [5.41, 5.74) is 5.80. The lowest BCUT2D eigenvalue weighted by molar-refractivity contribution is -0.153. The summed E-state index contributed by atoms with van der Waals surface area (Å²) in [7, 11) is 0. The van der Waals surface area contributed by atoms with Gasteiger partial charge in [-0.05, 0) is 37.8 Å². The van der Waals surface area contributed by atoms with Crippen LogP contribution in [-0.4, -0.2) is 47.7 Å². The second kappa shape index (κ2) is 8.53. The zero-order chi connectivity index (χ0) is 17.0. The van der Waals surface area contributed by atoms with E-state index < -0.39 is 18.7 Å². The van der Waals surface area contributed by atoms with Crippen LogP contribution >= 0.6 is 12.4 Å². The van der Waals surface area contributed by atoms with Crippen LogP contribution in [0.25, 0.3) is 0 Å². The van der Waals surface area contributed by atoms with Crippen LogP contribution in [0.1, 0.15) is 30.3 Å². The summed E-state index contributed by atoms with van der Waals surface area (Å²) in [5.74, 6) is -0.401. The molecule has 136 valence electrons. The molecule has 1 aliphatic rings. The second-order valence-corrected chi connectivity index (χ2v) is 5.77. The van der Waals surface area contributed by atoms with Crippen molar-refractivity contribution in [3.8, 4) is 5.75 Å². The number of carbonyl (C=O) groups excluding carboxylic acids is 1. The van der Waals surface area contributed by atoms with Crippen LogP contribution in [0.3, 0.4) is 0 Å². The molecule has 5 nitrogen and oxygen atoms in total. The van der Waals surface area contributed by atoms with Crippen LogP contribution in [0.4, 0.5) is 13.2 Å². The topological polar surface area (TPSA) is 68.5 Å². The lowest BCUT2D eigenvalue weighted by Crippen LogP contribution is -2.45. The number of pyridine rings is 1. The quantitative estimate of drug-likeness (QED) is 0.888. The van der Waals surface area contributed by atoms with Gasteiger partial charge in [0.15, 0.2) is 18.1 Å². The van der Waals surface area contributed by atoms with E-state index in [1.807, 2.05) is 6.92 Å². The van der Waals surface area contributed by atoms with E-state index in [1.54, 1.807) is 4.90 Å². The number of hydrogen-bond acceptors (Lipinski definition) is 4. The smallest absolute Gasteiger partial charge is 0.422 e. The minimum atomic E-state index is -4.47. The average molecular weight is 368 g/mol. The molecule has 0 bridgehead atoms. The summed E-state index contributed by atoms with van der Waals surface area (Å²) in [6.45, 7) is 1.45. The molecule has 1 aromatic rings. The molecule has 0 radical (unpaired) electrons. The van der Waals surface area contributed by atoms with Gasteiger partial charge in [0.25, 0.3) is 5.91 Å². The van der Waals surface area contributed by atoms with Crippen molar-refractivity contribution >= 4 is 18.3 Å². The zero-order valence-electron chi connectivity index (χ0n) is 13.3. The van der Waals surface area contributed by atoms with Crippen LogP contribution in [0.5, 0.6) is 5.75 Å². The first-order chi connectivity index (χ1) is 10.8. The van der Waals surface area contributed by atoms with E-state index >= 15 is 0 Å². The number of piperidine rings is 1. The Balaban J connectivity index is 0.00000288. The third-order valence-electron chi connectivity index (χ3n) is 3.85. The van der Waals surface area contributed by atoms with Gasteiger partial charge in [-0.2, -0.15) is 13.2 Å². The highest BCUT2D eigenvalue weighted by atomic mass is 35.5. The van der Waals surface area contributed by atoms with E-state index in [-0.39, 0.29) is 35.8 Å². The number of likely N-dealkylation sites (tertiary alicyclic amines) is 1. The molecule has 1 saturated heterocycles. The van der Waals surface area contributed by atoms with Gasteiger partial charge >= 0.3 is 6.18 Å². The van der Waals surface area contributed by atoms with Crippen LogP contribution in [-0.2, 0) is 0 Å². The maximum absolute atomic E-state index is 12.6. The number of aromatic nitrogens is 1. The summed E-state index contributed by atoms with van der Waals surface area (Å²) in [6, 6.07) is 2.71. The van der Waals surface area contributed by atoms with E-state index in [0.717, 1.165) is 12.8 Å². The van der Waals surface area contributed by atoms with Gasteiger partial charge in [0.05, 0.1) is 0 Å². The largest absolute Gasteiger partial charge is 0.482 e. The number of carbonyl (C=O) groups is 1. The van der Waals surface area contributed by atoms with E-state index in [1.165, 1.54) is 18.3 Å². The molecule has 2 atom stereocenters. The number of halogens is 4. The SMILES string of the molecule is C[C@H](N)[C@H]1CCCN(C(=O)c2ncccc2OCC(F)(F)F)C1.Cl. The average Bonchev–Trinajstić information content (AvgIpc) is 2.52. The number of ether oxygens (including phenoxy) is 1. The molecular formula is C15H21ClF3N3O2. The molecule has 24 heavy (non-hydrogen) atoms.